The van der Waals surface area contributed by atoms with E-state index in [1.54, 1.807) is 24.9 Å². The van der Waals surface area contributed by atoms with Crippen LogP contribution < -0.4 is 10.6 Å². The first-order chi connectivity index (χ1) is 10.1. The second-order valence-corrected chi connectivity index (χ2v) is 6.60. The van der Waals surface area contributed by atoms with Crippen molar-refractivity contribution in [1.82, 2.24) is 5.32 Å². The van der Waals surface area contributed by atoms with Crippen molar-refractivity contribution >= 4 is 46.6 Å². The zero-order valence-electron chi connectivity index (χ0n) is 11.1. The Kier molecular flexibility index (Phi) is 4.13. The number of anilines is 1. The van der Waals surface area contributed by atoms with Gasteiger partial charge in [0.2, 0.25) is 5.91 Å². The van der Waals surface area contributed by atoms with E-state index < -0.39 is 0 Å². The lowest BCUT2D eigenvalue weighted by Gasteiger charge is -2.08. The normalized spacial score (nSPS) is 16.7. The largest absolute Gasteiger partial charge is 0.324 e. The Morgan fingerprint density at radius 2 is 1.81 bits per heavy atom. The Morgan fingerprint density at radius 1 is 1.10 bits per heavy atom. The van der Waals surface area contributed by atoms with Gasteiger partial charge in [0.15, 0.2) is 0 Å². The molecule has 2 aromatic rings. The van der Waals surface area contributed by atoms with Crippen molar-refractivity contribution in [3.8, 4) is 0 Å². The topological polar surface area (TPSA) is 41.1 Å². The van der Waals surface area contributed by atoms with E-state index in [0.717, 1.165) is 21.0 Å². The van der Waals surface area contributed by atoms with Crippen molar-refractivity contribution in [2.75, 3.05) is 12.4 Å². The summed E-state index contributed by atoms with van der Waals surface area (Å²) >= 11 is 13.5. The summed E-state index contributed by atoms with van der Waals surface area (Å²) in [5.41, 5.74) is 1.82. The van der Waals surface area contributed by atoms with Crippen LogP contribution in [0, 0.1) is 0 Å². The second kappa shape index (κ2) is 5.89. The molecule has 3 rings (SSSR count). The minimum atomic E-state index is -0.274. The fourth-order valence-corrected chi connectivity index (χ4v) is 3.53. The summed E-state index contributed by atoms with van der Waals surface area (Å²) in [6, 6.07) is 11.2. The van der Waals surface area contributed by atoms with Gasteiger partial charge in [-0.2, -0.15) is 0 Å². The summed E-state index contributed by atoms with van der Waals surface area (Å²) in [5.74, 6) is -0.0239. The van der Waals surface area contributed by atoms with Crippen LogP contribution >= 0.6 is 35.0 Å². The van der Waals surface area contributed by atoms with Crippen molar-refractivity contribution in [1.29, 1.82) is 0 Å². The first-order valence-corrected chi connectivity index (χ1v) is 7.90. The molecular weight excluding hydrogens is 327 g/mol. The molecule has 0 aliphatic carbocycles. The summed E-state index contributed by atoms with van der Waals surface area (Å²) < 4.78 is 0. The fourth-order valence-electron chi connectivity index (χ4n) is 2.27. The van der Waals surface area contributed by atoms with Crippen LogP contribution in [0.25, 0.3) is 0 Å². The number of rotatable bonds is 3. The van der Waals surface area contributed by atoms with Gasteiger partial charge in [0.05, 0.1) is 10.0 Å². The van der Waals surface area contributed by atoms with Crippen LogP contribution in [0.3, 0.4) is 0 Å². The van der Waals surface area contributed by atoms with Gasteiger partial charge in [0.1, 0.15) is 6.04 Å². The monoisotopic (exact) mass is 338 g/mol. The average molecular weight is 339 g/mol. The van der Waals surface area contributed by atoms with Gasteiger partial charge in [-0.15, -0.1) is 0 Å². The highest BCUT2D eigenvalue weighted by Gasteiger charge is 2.29. The maximum absolute atomic E-state index is 11.8. The number of hydrogen-bond donors (Lipinski definition) is 2. The highest BCUT2D eigenvalue weighted by molar-refractivity contribution is 7.99. The van der Waals surface area contributed by atoms with Crippen LogP contribution in [0.5, 0.6) is 0 Å². The van der Waals surface area contributed by atoms with Crippen molar-refractivity contribution < 1.29 is 4.79 Å². The molecule has 21 heavy (non-hydrogen) atoms. The summed E-state index contributed by atoms with van der Waals surface area (Å²) in [6.45, 7) is 0. The number of hydrogen-bond acceptors (Lipinski definition) is 3. The third-order valence-electron chi connectivity index (χ3n) is 3.27. The maximum Gasteiger partial charge on any atom is 0.246 e. The average Bonchev–Trinajstić information content (AvgIpc) is 2.77. The summed E-state index contributed by atoms with van der Waals surface area (Å²) in [5, 5.41) is 6.96. The first-order valence-electron chi connectivity index (χ1n) is 6.33. The standard InChI is InChI=1S/C15H12Cl2N2OS/c1-18-14-10-4-2-9(7-13(10)19-15(14)20)21-8-3-5-11(16)12(17)6-8/h2-7,14,18H,1H3,(H,19,20). The zero-order chi connectivity index (χ0) is 15.0. The van der Waals surface area contributed by atoms with Gasteiger partial charge in [-0.05, 0) is 37.4 Å². The number of halogens is 2. The third-order valence-corrected chi connectivity index (χ3v) is 4.99. The lowest BCUT2D eigenvalue weighted by atomic mass is 10.1. The molecule has 6 heteroatoms. The quantitative estimate of drug-likeness (QED) is 0.873. The number of carbonyl (C=O) groups is 1. The minimum absolute atomic E-state index is 0.0239. The second-order valence-electron chi connectivity index (χ2n) is 4.64. The van der Waals surface area contributed by atoms with Crippen LogP contribution in [0.1, 0.15) is 11.6 Å². The predicted molar refractivity (Wildman–Crippen MR) is 87.5 cm³/mol. The number of nitrogens with one attached hydrogen (secondary N) is 2. The molecule has 0 saturated heterocycles. The highest BCUT2D eigenvalue weighted by atomic mass is 35.5. The van der Waals surface area contributed by atoms with E-state index in [1.807, 2.05) is 30.3 Å². The van der Waals surface area contributed by atoms with Gasteiger partial charge in [-0.25, -0.2) is 0 Å². The van der Waals surface area contributed by atoms with Crippen molar-refractivity contribution in [2.45, 2.75) is 15.8 Å². The number of amides is 1. The SMILES string of the molecule is CNC1C(=O)Nc2cc(Sc3ccc(Cl)c(Cl)c3)ccc21. The van der Waals surface area contributed by atoms with Crippen LogP contribution in [0.4, 0.5) is 5.69 Å². The molecule has 1 unspecified atom stereocenters. The molecule has 0 radical (unpaired) electrons. The van der Waals surface area contributed by atoms with E-state index in [-0.39, 0.29) is 11.9 Å². The molecular formula is C15H12Cl2N2OS. The molecule has 0 bridgehead atoms. The van der Waals surface area contributed by atoms with E-state index in [2.05, 4.69) is 10.6 Å². The number of carbonyl (C=O) groups excluding carboxylic acids is 1. The molecule has 1 aliphatic heterocycles. The number of likely N-dealkylation sites (N-methyl/N-ethyl adjacent to an activating group) is 1. The molecule has 3 nitrogen and oxygen atoms in total. The van der Waals surface area contributed by atoms with Crippen molar-refractivity contribution in [3.63, 3.8) is 0 Å². The molecule has 1 aliphatic rings. The van der Waals surface area contributed by atoms with Gasteiger partial charge >= 0.3 is 0 Å². The summed E-state index contributed by atoms with van der Waals surface area (Å²) in [6.07, 6.45) is 0. The molecule has 2 aromatic carbocycles. The summed E-state index contributed by atoms with van der Waals surface area (Å²) in [7, 11) is 1.78. The molecule has 0 spiro atoms. The van der Waals surface area contributed by atoms with E-state index in [0.29, 0.717) is 10.0 Å². The lowest BCUT2D eigenvalue weighted by molar-refractivity contribution is -0.117. The number of benzene rings is 2. The fraction of sp³-hybridized carbons (Fsp3) is 0.133. The highest BCUT2D eigenvalue weighted by Crippen LogP contribution is 2.37. The summed E-state index contributed by atoms with van der Waals surface area (Å²) in [4.78, 5) is 13.8. The Labute approximate surface area is 137 Å². The van der Waals surface area contributed by atoms with E-state index in [9.17, 15) is 4.79 Å². The Morgan fingerprint density at radius 3 is 2.52 bits per heavy atom. The molecule has 1 amide bonds. The van der Waals surface area contributed by atoms with Crippen LogP contribution in [-0.2, 0) is 4.79 Å². The van der Waals surface area contributed by atoms with Gasteiger partial charge in [0.25, 0.3) is 0 Å². The van der Waals surface area contributed by atoms with Gasteiger partial charge in [0, 0.05) is 21.0 Å². The van der Waals surface area contributed by atoms with Gasteiger partial charge < -0.3 is 10.6 Å². The molecule has 0 aromatic heterocycles. The molecule has 108 valence electrons. The van der Waals surface area contributed by atoms with E-state index >= 15 is 0 Å². The first kappa shape index (κ1) is 14.7. The van der Waals surface area contributed by atoms with Crippen LogP contribution in [-0.4, -0.2) is 13.0 Å². The van der Waals surface area contributed by atoms with Crippen molar-refractivity contribution in [2.24, 2.45) is 0 Å². The third kappa shape index (κ3) is 2.90. The van der Waals surface area contributed by atoms with E-state index in [1.165, 1.54) is 0 Å². The smallest absolute Gasteiger partial charge is 0.246 e. The van der Waals surface area contributed by atoms with Crippen LogP contribution in [0.2, 0.25) is 10.0 Å². The Bertz CT molecular complexity index is 721. The molecule has 2 N–H and O–H groups in total. The molecule has 1 heterocycles. The van der Waals surface area contributed by atoms with E-state index in [4.69, 9.17) is 23.2 Å². The maximum atomic E-state index is 11.8. The van der Waals surface area contributed by atoms with Crippen LogP contribution in [0.15, 0.2) is 46.2 Å². The van der Waals surface area contributed by atoms with Crippen molar-refractivity contribution in [3.05, 3.63) is 52.0 Å². The Hall–Kier alpha value is -1.20. The predicted octanol–water partition coefficient (Wildman–Crippen LogP) is 4.36. The number of fused-ring (bicyclic) bond motifs is 1. The molecule has 1 atom stereocenters. The van der Waals surface area contributed by atoms with Gasteiger partial charge in [-0.1, -0.05) is 41.0 Å². The molecule has 0 saturated carbocycles. The van der Waals surface area contributed by atoms with Gasteiger partial charge in [-0.3, -0.25) is 4.79 Å². The lowest BCUT2D eigenvalue weighted by Crippen LogP contribution is -2.23. The molecule has 0 fully saturated rings. The minimum Gasteiger partial charge on any atom is -0.324 e. The Balaban J connectivity index is 1.87. The zero-order valence-corrected chi connectivity index (χ0v) is 13.4.